The summed E-state index contributed by atoms with van der Waals surface area (Å²) in [6.07, 6.45) is 51.3. The van der Waals surface area contributed by atoms with Gasteiger partial charge in [0.2, 0.25) is 0 Å². The predicted octanol–water partition coefficient (Wildman–Crippen LogP) is 15.6. The number of hydrogen-bond donors (Lipinski definition) is 1. The van der Waals surface area contributed by atoms with Crippen molar-refractivity contribution < 1.29 is 9.84 Å². The highest BCUT2D eigenvalue weighted by Gasteiger charge is 2.25. The van der Waals surface area contributed by atoms with Gasteiger partial charge in [0.05, 0.1) is 5.60 Å². The van der Waals surface area contributed by atoms with E-state index in [1.807, 2.05) is 0 Å². The molecular weight excluding hydrogens is 560 g/mol. The van der Waals surface area contributed by atoms with Gasteiger partial charge >= 0.3 is 0 Å². The first-order chi connectivity index (χ1) is 22.7. The molecule has 46 heavy (non-hydrogen) atoms. The molecule has 0 unspecified atom stereocenters. The van der Waals surface area contributed by atoms with Gasteiger partial charge in [0.1, 0.15) is 0 Å². The van der Waals surface area contributed by atoms with Crippen LogP contribution in [0.5, 0.6) is 0 Å². The van der Waals surface area contributed by atoms with Gasteiger partial charge in [0.15, 0.2) is 0 Å². The van der Waals surface area contributed by atoms with Crippen LogP contribution in [0, 0.1) is 0 Å². The Labute approximate surface area is 292 Å². The molecule has 0 radical (unpaired) electrons. The Morgan fingerprint density at radius 3 is 0.783 bits per heavy atom. The Kier molecular flexibility index (Phi) is 39.3. The summed E-state index contributed by atoms with van der Waals surface area (Å²) in [4.78, 5) is 0. The van der Waals surface area contributed by atoms with Gasteiger partial charge in [-0.1, -0.05) is 233 Å². The first kappa shape index (κ1) is 45.9. The molecule has 0 saturated heterocycles. The molecule has 0 heterocycles. The van der Waals surface area contributed by atoms with Crippen LogP contribution in [0.1, 0.15) is 265 Å². The highest BCUT2D eigenvalue weighted by Crippen LogP contribution is 2.28. The van der Waals surface area contributed by atoms with E-state index in [0.717, 1.165) is 45.3 Å². The Bertz CT molecular complexity index is 496. The predicted molar refractivity (Wildman–Crippen MR) is 208 cm³/mol. The molecule has 0 aliphatic rings. The molecular formula is C44H90O2. The van der Waals surface area contributed by atoms with Crippen molar-refractivity contribution in [3.63, 3.8) is 0 Å². The number of unbranched alkanes of at least 4 members (excludes halogenated alkanes) is 31. The molecule has 0 fully saturated rings. The average Bonchev–Trinajstić information content (AvgIpc) is 3.06. The lowest BCUT2D eigenvalue weighted by molar-refractivity contribution is -0.000519. The number of rotatable bonds is 41. The molecule has 278 valence electrons. The van der Waals surface area contributed by atoms with Crippen molar-refractivity contribution in [2.75, 3.05) is 13.2 Å². The van der Waals surface area contributed by atoms with Gasteiger partial charge in [-0.25, -0.2) is 0 Å². The van der Waals surface area contributed by atoms with Crippen molar-refractivity contribution in [2.45, 2.75) is 270 Å². The third kappa shape index (κ3) is 36.8. The van der Waals surface area contributed by atoms with E-state index in [-0.39, 0.29) is 0 Å². The molecule has 0 bridgehead atoms. The van der Waals surface area contributed by atoms with Crippen molar-refractivity contribution in [1.82, 2.24) is 0 Å². The molecule has 2 nitrogen and oxygen atoms in total. The van der Waals surface area contributed by atoms with E-state index in [1.54, 1.807) is 0 Å². The molecule has 0 aliphatic carbocycles. The Hall–Kier alpha value is -0.0800. The van der Waals surface area contributed by atoms with Gasteiger partial charge in [0, 0.05) is 13.2 Å². The van der Waals surface area contributed by atoms with Crippen LogP contribution in [-0.2, 0) is 4.74 Å². The second-order valence-electron chi connectivity index (χ2n) is 15.4. The lowest BCUT2D eigenvalue weighted by Gasteiger charge is -2.28. The number of hydrogen-bond acceptors (Lipinski definition) is 2. The molecule has 0 atom stereocenters. The maximum Gasteiger partial charge on any atom is 0.0648 e. The fourth-order valence-corrected chi connectivity index (χ4v) is 7.23. The lowest BCUT2D eigenvalue weighted by atomic mass is 9.86. The summed E-state index contributed by atoms with van der Waals surface area (Å²) in [6.45, 7) is 8.53. The zero-order valence-electron chi connectivity index (χ0n) is 32.6. The largest absolute Gasteiger partial charge is 0.390 e. The van der Waals surface area contributed by atoms with Crippen LogP contribution in [0.2, 0.25) is 0 Å². The van der Waals surface area contributed by atoms with Crippen LogP contribution in [-0.4, -0.2) is 23.9 Å². The normalized spacial score (nSPS) is 12.0. The van der Waals surface area contributed by atoms with Crippen molar-refractivity contribution >= 4 is 0 Å². The summed E-state index contributed by atoms with van der Waals surface area (Å²) >= 11 is 0. The van der Waals surface area contributed by atoms with Crippen LogP contribution in [0.25, 0.3) is 0 Å². The molecule has 2 heteroatoms. The van der Waals surface area contributed by atoms with E-state index in [2.05, 4.69) is 20.8 Å². The van der Waals surface area contributed by atoms with Crippen LogP contribution in [0.4, 0.5) is 0 Å². The van der Waals surface area contributed by atoms with E-state index in [9.17, 15) is 5.11 Å². The Balaban J connectivity index is 3.86. The van der Waals surface area contributed by atoms with Crippen molar-refractivity contribution in [3.8, 4) is 0 Å². The zero-order chi connectivity index (χ0) is 33.5. The van der Waals surface area contributed by atoms with Gasteiger partial charge in [-0.05, 0) is 32.1 Å². The fourth-order valence-electron chi connectivity index (χ4n) is 7.23. The Morgan fingerprint density at radius 1 is 0.283 bits per heavy atom. The summed E-state index contributed by atoms with van der Waals surface area (Å²) in [5.74, 6) is 0. The van der Waals surface area contributed by atoms with E-state index in [1.165, 1.54) is 212 Å². The molecule has 0 spiro atoms. The third-order valence-corrected chi connectivity index (χ3v) is 10.6. The summed E-state index contributed by atoms with van der Waals surface area (Å²) < 4.78 is 5.83. The van der Waals surface area contributed by atoms with Gasteiger partial charge in [-0.15, -0.1) is 0 Å². The minimum absolute atomic E-state index is 0.458. The molecule has 0 aromatic carbocycles. The Morgan fingerprint density at radius 2 is 0.500 bits per heavy atom. The van der Waals surface area contributed by atoms with Gasteiger partial charge in [-0.3, -0.25) is 0 Å². The van der Waals surface area contributed by atoms with Crippen molar-refractivity contribution in [3.05, 3.63) is 0 Å². The van der Waals surface area contributed by atoms with Gasteiger partial charge < -0.3 is 9.84 Å². The third-order valence-electron chi connectivity index (χ3n) is 10.6. The van der Waals surface area contributed by atoms with E-state index < -0.39 is 5.60 Å². The van der Waals surface area contributed by atoms with Gasteiger partial charge in [0.25, 0.3) is 0 Å². The minimum Gasteiger partial charge on any atom is -0.390 e. The van der Waals surface area contributed by atoms with Crippen molar-refractivity contribution in [1.29, 1.82) is 0 Å². The van der Waals surface area contributed by atoms with Crippen molar-refractivity contribution in [2.24, 2.45) is 0 Å². The number of aliphatic hydroxyl groups is 1. The highest BCUT2D eigenvalue weighted by atomic mass is 16.5. The number of ether oxygens (including phenoxy) is 1. The monoisotopic (exact) mass is 651 g/mol. The highest BCUT2D eigenvalue weighted by molar-refractivity contribution is 4.78. The quantitative estimate of drug-likeness (QED) is 0.0667. The minimum atomic E-state index is -0.458. The molecule has 0 amide bonds. The second kappa shape index (κ2) is 39.4. The first-order valence-corrected chi connectivity index (χ1v) is 22.0. The second-order valence-corrected chi connectivity index (χ2v) is 15.4. The van der Waals surface area contributed by atoms with E-state index in [4.69, 9.17) is 4.74 Å². The maximum absolute atomic E-state index is 11.6. The standard InChI is InChI=1S/C44H90O2/c1-4-7-10-12-14-16-18-20-22-24-26-28-30-32-34-36-39-44(45,41-38-43-46-42-9-6-3)40-37-35-33-31-29-27-25-23-21-19-17-15-13-11-8-5-2/h45H,4-43H2,1-3H3. The summed E-state index contributed by atoms with van der Waals surface area (Å²) in [5, 5.41) is 11.6. The summed E-state index contributed by atoms with van der Waals surface area (Å²) in [7, 11) is 0. The first-order valence-electron chi connectivity index (χ1n) is 22.0. The molecule has 0 saturated carbocycles. The zero-order valence-corrected chi connectivity index (χ0v) is 32.6. The smallest absolute Gasteiger partial charge is 0.0648 e. The molecule has 1 N–H and O–H groups in total. The SMILES string of the molecule is CCCCCCCCCCCCCCCCCCC(O)(CCCCCCCCCCCCCCCCCC)CCCOCCCC. The summed E-state index contributed by atoms with van der Waals surface area (Å²) in [5.41, 5.74) is -0.458. The van der Waals surface area contributed by atoms with Crippen LogP contribution < -0.4 is 0 Å². The average molecular weight is 651 g/mol. The van der Waals surface area contributed by atoms with Crippen LogP contribution >= 0.6 is 0 Å². The van der Waals surface area contributed by atoms with Gasteiger partial charge in [-0.2, -0.15) is 0 Å². The lowest BCUT2D eigenvalue weighted by Crippen LogP contribution is -2.29. The molecule has 0 aliphatic heterocycles. The summed E-state index contributed by atoms with van der Waals surface area (Å²) in [6, 6.07) is 0. The molecule has 0 rings (SSSR count). The van der Waals surface area contributed by atoms with Crippen LogP contribution in [0.15, 0.2) is 0 Å². The fraction of sp³-hybridized carbons (Fsp3) is 1.00. The molecule has 0 aromatic heterocycles. The van der Waals surface area contributed by atoms with E-state index >= 15 is 0 Å². The van der Waals surface area contributed by atoms with E-state index in [0.29, 0.717) is 0 Å². The maximum atomic E-state index is 11.6. The molecule has 0 aromatic rings. The topological polar surface area (TPSA) is 29.5 Å². The van der Waals surface area contributed by atoms with Crippen LogP contribution in [0.3, 0.4) is 0 Å².